The molecule has 0 aliphatic rings. The predicted molar refractivity (Wildman–Crippen MR) is 118 cm³/mol. The highest BCUT2D eigenvalue weighted by atomic mass is 35.5. The average Bonchev–Trinajstić information content (AvgIpc) is 3.28. The zero-order valence-electron chi connectivity index (χ0n) is 16.3. The zero-order valence-corrected chi connectivity index (χ0v) is 18.6. The molecule has 0 spiro atoms. The Labute approximate surface area is 186 Å². The maximum absolute atomic E-state index is 13.0. The van der Waals surface area contributed by atoms with Gasteiger partial charge in [-0.25, -0.2) is 9.37 Å². The molecule has 0 saturated heterocycles. The van der Waals surface area contributed by atoms with Crippen LogP contribution in [0.15, 0.2) is 30.3 Å². The lowest BCUT2D eigenvalue weighted by molar-refractivity contribution is -0.119. The number of aromatic nitrogens is 1. The predicted octanol–water partition coefficient (Wildman–Crippen LogP) is 5.02. The van der Waals surface area contributed by atoms with Crippen molar-refractivity contribution in [2.45, 2.75) is 26.8 Å². The van der Waals surface area contributed by atoms with Gasteiger partial charge in [0.2, 0.25) is 11.8 Å². The molecule has 2 N–H and O–H groups in total. The molecule has 2 aromatic heterocycles. The molecule has 6 nitrogen and oxygen atoms in total. The Hall–Kier alpha value is -2.49. The second-order valence-corrected chi connectivity index (χ2v) is 9.10. The lowest BCUT2D eigenvalue weighted by Crippen LogP contribution is -2.17. The van der Waals surface area contributed by atoms with Crippen molar-refractivity contribution < 1.29 is 18.7 Å². The lowest BCUT2D eigenvalue weighted by atomic mass is 10.3. The highest BCUT2D eigenvalue weighted by Gasteiger charge is 2.14. The van der Waals surface area contributed by atoms with Crippen LogP contribution >= 0.6 is 34.3 Å². The maximum Gasteiger partial charge on any atom is 0.229 e. The number of anilines is 1. The maximum atomic E-state index is 13.0. The van der Waals surface area contributed by atoms with Crippen LogP contribution < -0.4 is 15.4 Å². The number of benzene rings is 1. The number of hydrogen-bond donors (Lipinski definition) is 2. The fraction of sp³-hybridized carbons (Fsp3) is 0.250. The quantitative estimate of drug-likeness (QED) is 0.487. The minimum Gasteiger partial charge on any atom is -0.491 e. The van der Waals surface area contributed by atoms with Gasteiger partial charge in [-0.2, -0.15) is 0 Å². The fourth-order valence-electron chi connectivity index (χ4n) is 2.52. The Kier molecular flexibility index (Phi) is 7.41. The van der Waals surface area contributed by atoms with E-state index in [1.54, 1.807) is 11.3 Å². The molecule has 3 aromatic rings. The van der Waals surface area contributed by atoms with Crippen molar-refractivity contribution in [3.05, 3.63) is 50.9 Å². The number of aryl methyl sites for hydroxylation is 1. The van der Waals surface area contributed by atoms with E-state index in [4.69, 9.17) is 16.3 Å². The smallest absolute Gasteiger partial charge is 0.229 e. The van der Waals surface area contributed by atoms with E-state index in [9.17, 15) is 14.0 Å². The van der Waals surface area contributed by atoms with Crippen molar-refractivity contribution in [1.29, 1.82) is 0 Å². The second-order valence-electron chi connectivity index (χ2n) is 6.32. The van der Waals surface area contributed by atoms with Crippen LogP contribution in [-0.4, -0.2) is 23.4 Å². The molecule has 10 heteroatoms. The van der Waals surface area contributed by atoms with Gasteiger partial charge >= 0.3 is 0 Å². The Morgan fingerprint density at radius 3 is 2.77 bits per heavy atom. The Bertz CT molecular complexity index is 1070. The number of carbonyl (C=O) groups excluding carboxylic acids is 2. The normalized spacial score (nSPS) is 10.7. The fourth-order valence-corrected chi connectivity index (χ4v) is 4.64. The van der Waals surface area contributed by atoms with E-state index in [-0.39, 0.29) is 29.9 Å². The Morgan fingerprint density at radius 2 is 2.03 bits per heavy atom. The van der Waals surface area contributed by atoms with Crippen LogP contribution in [0.3, 0.4) is 0 Å². The second kappa shape index (κ2) is 10.0. The van der Waals surface area contributed by atoms with Crippen LogP contribution in [0.25, 0.3) is 10.6 Å². The highest BCUT2D eigenvalue weighted by molar-refractivity contribution is 7.18. The summed E-state index contributed by atoms with van der Waals surface area (Å²) in [5, 5.41) is 6.20. The third-order valence-electron chi connectivity index (χ3n) is 3.93. The molecule has 1 aromatic carbocycles. The summed E-state index contributed by atoms with van der Waals surface area (Å²) in [5.41, 5.74) is 0.809. The Morgan fingerprint density at radius 1 is 1.23 bits per heavy atom. The summed E-state index contributed by atoms with van der Waals surface area (Å²) in [6.45, 7) is 4.00. The molecule has 0 atom stereocenters. The number of halogens is 2. The van der Waals surface area contributed by atoms with Crippen LogP contribution in [0.5, 0.6) is 5.75 Å². The summed E-state index contributed by atoms with van der Waals surface area (Å²) in [5.74, 6) is -0.449. The third kappa shape index (κ3) is 6.01. The number of carbonyl (C=O) groups is 2. The molecular formula is C20H19ClFN3O3S2. The lowest BCUT2D eigenvalue weighted by Gasteiger charge is -2.07. The van der Waals surface area contributed by atoms with Crippen LogP contribution in [0.1, 0.15) is 23.1 Å². The largest absolute Gasteiger partial charge is 0.491 e. The molecular weight excluding hydrogens is 449 g/mol. The number of nitrogens with zero attached hydrogens (tertiary/aromatic N) is 1. The summed E-state index contributed by atoms with van der Waals surface area (Å²) in [7, 11) is 0. The van der Waals surface area contributed by atoms with Gasteiger partial charge in [0.15, 0.2) is 5.13 Å². The van der Waals surface area contributed by atoms with Crippen molar-refractivity contribution in [2.75, 3.05) is 11.9 Å². The van der Waals surface area contributed by atoms with E-state index < -0.39 is 5.82 Å². The topological polar surface area (TPSA) is 80.3 Å². The van der Waals surface area contributed by atoms with Gasteiger partial charge in [0.25, 0.3) is 0 Å². The third-order valence-corrected chi connectivity index (χ3v) is 6.20. The molecule has 158 valence electrons. The number of rotatable bonds is 8. The van der Waals surface area contributed by atoms with Gasteiger partial charge in [0.05, 0.1) is 35.2 Å². The first kappa shape index (κ1) is 22.2. The summed E-state index contributed by atoms with van der Waals surface area (Å²) >= 11 is 8.83. The number of thiophene rings is 1. The summed E-state index contributed by atoms with van der Waals surface area (Å²) < 4.78 is 18.5. The van der Waals surface area contributed by atoms with E-state index in [1.807, 2.05) is 19.1 Å². The molecule has 0 saturated carbocycles. The van der Waals surface area contributed by atoms with Gasteiger partial charge in [0, 0.05) is 16.7 Å². The molecule has 0 unspecified atom stereocenters. The van der Waals surface area contributed by atoms with Gasteiger partial charge in [-0.05, 0) is 37.3 Å². The number of amides is 2. The standard InChI is InChI=1S/C20H19ClFN3O3S2/c1-11-19(17-6-4-14(30-17)10-23-12(2)26)25-20(29-11)24-18(27)7-8-28-16-5-3-13(22)9-15(16)21/h3-6,9H,7-8,10H2,1-2H3,(H,23,26)(H,24,25,27). The summed E-state index contributed by atoms with van der Waals surface area (Å²) in [6, 6.07) is 7.73. The van der Waals surface area contributed by atoms with Crippen molar-refractivity contribution >= 4 is 51.2 Å². The van der Waals surface area contributed by atoms with Crippen LogP contribution in [0, 0.1) is 12.7 Å². The average molecular weight is 468 g/mol. The SMILES string of the molecule is CC(=O)NCc1ccc(-c2nc(NC(=O)CCOc3ccc(F)cc3Cl)sc2C)s1. The van der Waals surface area contributed by atoms with E-state index >= 15 is 0 Å². The van der Waals surface area contributed by atoms with Crippen molar-refractivity contribution in [3.8, 4) is 16.3 Å². The molecule has 0 aliphatic heterocycles. The van der Waals surface area contributed by atoms with Gasteiger partial charge in [-0.1, -0.05) is 11.6 Å². The van der Waals surface area contributed by atoms with Crippen LogP contribution in [0.2, 0.25) is 5.02 Å². The van der Waals surface area contributed by atoms with Gasteiger partial charge < -0.3 is 15.4 Å². The minimum atomic E-state index is -0.451. The molecule has 3 rings (SSSR count). The van der Waals surface area contributed by atoms with Crippen molar-refractivity contribution in [1.82, 2.24) is 10.3 Å². The summed E-state index contributed by atoms with van der Waals surface area (Å²) in [6.07, 6.45) is 0.0987. The van der Waals surface area contributed by atoms with Gasteiger partial charge in [-0.15, -0.1) is 22.7 Å². The first-order chi connectivity index (χ1) is 14.3. The van der Waals surface area contributed by atoms with E-state index in [0.29, 0.717) is 17.4 Å². The zero-order chi connectivity index (χ0) is 21.7. The first-order valence-corrected chi connectivity index (χ1v) is 11.0. The summed E-state index contributed by atoms with van der Waals surface area (Å²) in [4.78, 5) is 30.7. The number of nitrogens with one attached hydrogen (secondary N) is 2. The molecule has 2 amide bonds. The molecule has 30 heavy (non-hydrogen) atoms. The highest BCUT2D eigenvalue weighted by Crippen LogP contribution is 2.34. The van der Waals surface area contributed by atoms with Crippen LogP contribution in [0.4, 0.5) is 9.52 Å². The van der Waals surface area contributed by atoms with E-state index in [0.717, 1.165) is 26.4 Å². The molecule has 2 heterocycles. The minimum absolute atomic E-state index is 0.0783. The molecule has 0 bridgehead atoms. The number of ether oxygens (including phenoxy) is 1. The van der Waals surface area contributed by atoms with Crippen molar-refractivity contribution in [2.24, 2.45) is 0 Å². The number of thiazole rings is 1. The number of hydrogen-bond acceptors (Lipinski definition) is 6. The Balaban J connectivity index is 1.54. The van der Waals surface area contributed by atoms with Gasteiger partial charge in [-0.3, -0.25) is 9.59 Å². The molecule has 0 fully saturated rings. The van der Waals surface area contributed by atoms with Crippen molar-refractivity contribution in [3.63, 3.8) is 0 Å². The molecule has 0 radical (unpaired) electrons. The first-order valence-electron chi connectivity index (χ1n) is 9.00. The van der Waals surface area contributed by atoms with E-state index in [2.05, 4.69) is 15.6 Å². The van der Waals surface area contributed by atoms with Gasteiger partial charge in [0.1, 0.15) is 11.6 Å². The van der Waals surface area contributed by atoms with Crippen LogP contribution in [-0.2, 0) is 16.1 Å². The monoisotopic (exact) mass is 467 g/mol. The van der Waals surface area contributed by atoms with E-state index in [1.165, 1.54) is 30.4 Å². The molecule has 0 aliphatic carbocycles.